The summed E-state index contributed by atoms with van der Waals surface area (Å²) in [4.78, 5) is 14.4. The molecule has 1 aliphatic rings. The van der Waals surface area contributed by atoms with Gasteiger partial charge in [0.1, 0.15) is 5.82 Å². The van der Waals surface area contributed by atoms with E-state index in [1.165, 1.54) is 12.1 Å². The van der Waals surface area contributed by atoms with Crippen LogP contribution in [0.25, 0.3) is 5.69 Å². The van der Waals surface area contributed by atoms with Crippen LogP contribution in [0.5, 0.6) is 0 Å². The Bertz CT molecular complexity index is 932. The number of rotatable bonds is 5. The van der Waals surface area contributed by atoms with E-state index in [9.17, 15) is 9.18 Å². The summed E-state index contributed by atoms with van der Waals surface area (Å²) in [5, 5.41) is 7.87. The number of nitrogens with one attached hydrogen (secondary N) is 1. The normalized spacial score (nSPS) is 15.0. The minimum Gasteiger partial charge on any atom is -0.339 e. The van der Waals surface area contributed by atoms with E-state index in [-0.39, 0.29) is 11.7 Å². The van der Waals surface area contributed by atoms with Gasteiger partial charge in [0.25, 0.3) is 5.91 Å². The van der Waals surface area contributed by atoms with Crippen LogP contribution in [0.15, 0.2) is 67.0 Å². The molecule has 1 aliphatic heterocycles. The third-order valence-corrected chi connectivity index (χ3v) is 5.11. The van der Waals surface area contributed by atoms with Crippen molar-refractivity contribution in [2.24, 2.45) is 0 Å². The number of carbonyl (C=O) groups is 1. The first-order valence-corrected chi connectivity index (χ1v) is 9.56. The average molecular weight is 378 g/mol. The van der Waals surface area contributed by atoms with Crippen molar-refractivity contribution in [1.82, 2.24) is 20.0 Å². The highest BCUT2D eigenvalue weighted by Crippen LogP contribution is 2.15. The Morgan fingerprint density at radius 2 is 1.89 bits per heavy atom. The average Bonchev–Trinajstić information content (AvgIpc) is 3.22. The molecule has 1 aromatic heterocycles. The van der Waals surface area contributed by atoms with Gasteiger partial charge >= 0.3 is 0 Å². The molecule has 1 fully saturated rings. The summed E-state index contributed by atoms with van der Waals surface area (Å²) in [5.41, 5.74) is 2.50. The fraction of sp³-hybridized carbons (Fsp3) is 0.273. The van der Waals surface area contributed by atoms with Gasteiger partial charge in [-0.2, -0.15) is 5.10 Å². The van der Waals surface area contributed by atoms with E-state index in [1.54, 1.807) is 16.9 Å². The Balaban J connectivity index is 1.27. The van der Waals surface area contributed by atoms with Crippen molar-refractivity contribution in [3.63, 3.8) is 0 Å². The highest BCUT2D eigenvalue weighted by atomic mass is 19.1. The molecule has 2 heterocycles. The molecule has 0 atom stereocenters. The van der Waals surface area contributed by atoms with Crippen LogP contribution in [0.3, 0.4) is 0 Å². The highest BCUT2D eigenvalue weighted by Gasteiger charge is 2.23. The van der Waals surface area contributed by atoms with Crippen LogP contribution in [-0.4, -0.2) is 39.7 Å². The quantitative estimate of drug-likeness (QED) is 0.740. The maximum atomic E-state index is 13.4. The standard InChI is InChI=1S/C22H23FN4O/c23-19-7-4-8-21(13-19)27-16-17(15-25-27)14-24-20-9-11-26(12-10-20)22(28)18-5-2-1-3-6-18/h1-8,13,15-16,20,24H,9-12,14H2. The lowest BCUT2D eigenvalue weighted by Crippen LogP contribution is -2.44. The number of halogens is 1. The Kier molecular flexibility index (Phi) is 5.48. The topological polar surface area (TPSA) is 50.2 Å². The zero-order chi connectivity index (χ0) is 19.3. The van der Waals surface area contributed by atoms with Crippen LogP contribution in [0, 0.1) is 5.82 Å². The van der Waals surface area contributed by atoms with E-state index < -0.39 is 0 Å². The molecule has 5 nitrogen and oxygen atoms in total. The lowest BCUT2D eigenvalue weighted by atomic mass is 10.0. The maximum Gasteiger partial charge on any atom is 0.253 e. The predicted molar refractivity (Wildman–Crippen MR) is 106 cm³/mol. The largest absolute Gasteiger partial charge is 0.339 e. The minimum atomic E-state index is -0.274. The monoisotopic (exact) mass is 378 g/mol. The zero-order valence-corrected chi connectivity index (χ0v) is 15.6. The maximum absolute atomic E-state index is 13.4. The smallest absolute Gasteiger partial charge is 0.253 e. The van der Waals surface area contributed by atoms with Crippen molar-refractivity contribution in [3.05, 3.63) is 83.9 Å². The van der Waals surface area contributed by atoms with Crippen molar-refractivity contribution in [3.8, 4) is 5.69 Å². The molecule has 1 N–H and O–H groups in total. The van der Waals surface area contributed by atoms with E-state index in [1.807, 2.05) is 47.5 Å². The molecule has 0 saturated carbocycles. The zero-order valence-electron chi connectivity index (χ0n) is 15.6. The van der Waals surface area contributed by atoms with E-state index >= 15 is 0 Å². The van der Waals surface area contributed by atoms with Crippen LogP contribution >= 0.6 is 0 Å². The molecule has 28 heavy (non-hydrogen) atoms. The van der Waals surface area contributed by atoms with Gasteiger partial charge in [-0.15, -0.1) is 0 Å². The van der Waals surface area contributed by atoms with Crippen molar-refractivity contribution in [2.45, 2.75) is 25.4 Å². The van der Waals surface area contributed by atoms with Gasteiger partial charge in [-0.05, 0) is 43.2 Å². The first-order chi connectivity index (χ1) is 13.7. The van der Waals surface area contributed by atoms with Crippen molar-refractivity contribution in [1.29, 1.82) is 0 Å². The predicted octanol–water partition coefficient (Wildman–Crippen LogP) is 3.41. The molecular weight excluding hydrogens is 355 g/mol. The van der Waals surface area contributed by atoms with E-state index in [2.05, 4.69) is 10.4 Å². The molecule has 1 amide bonds. The van der Waals surface area contributed by atoms with Crippen LogP contribution in [0.4, 0.5) is 4.39 Å². The summed E-state index contributed by atoms with van der Waals surface area (Å²) >= 11 is 0. The highest BCUT2D eigenvalue weighted by molar-refractivity contribution is 5.94. The second-order valence-electron chi connectivity index (χ2n) is 7.09. The number of piperidine rings is 1. The summed E-state index contributed by atoms with van der Waals surface area (Å²) in [5.74, 6) is -0.167. The number of hydrogen-bond donors (Lipinski definition) is 1. The van der Waals surface area contributed by atoms with Gasteiger partial charge < -0.3 is 10.2 Å². The Labute approximate surface area is 163 Å². The van der Waals surface area contributed by atoms with Gasteiger partial charge in [0.05, 0.1) is 11.9 Å². The molecule has 2 aromatic carbocycles. The molecule has 1 saturated heterocycles. The molecule has 3 aromatic rings. The third-order valence-electron chi connectivity index (χ3n) is 5.11. The van der Waals surface area contributed by atoms with E-state index in [0.29, 0.717) is 18.3 Å². The Hall–Kier alpha value is -2.99. The third kappa shape index (κ3) is 4.28. The molecule has 4 rings (SSSR count). The molecule has 0 spiro atoms. The van der Waals surface area contributed by atoms with Gasteiger partial charge in [-0.3, -0.25) is 4.79 Å². The number of amides is 1. The van der Waals surface area contributed by atoms with E-state index in [0.717, 1.165) is 37.1 Å². The molecule has 0 unspecified atom stereocenters. The molecule has 6 heteroatoms. The summed E-state index contributed by atoms with van der Waals surface area (Å²) in [6.07, 6.45) is 5.56. The van der Waals surface area contributed by atoms with Gasteiger partial charge in [0.15, 0.2) is 0 Å². The number of aromatic nitrogens is 2. The van der Waals surface area contributed by atoms with Crippen molar-refractivity contribution in [2.75, 3.05) is 13.1 Å². The minimum absolute atomic E-state index is 0.107. The summed E-state index contributed by atoms with van der Waals surface area (Å²) in [6.45, 7) is 2.22. The lowest BCUT2D eigenvalue weighted by molar-refractivity contribution is 0.0704. The second-order valence-corrected chi connectivity index (χ2v) is 7.09. The van der Waals surface area contributed by atoms with Crippen LogP contribution in [0.2, 0.25) is 0 Å². The number of benzene rings is 2. The van der Waals surface area contributed by atoms with Crippen molar-refractivity contribution >= 4 is 5.91 Å². The number of carbonyl (C=O) groups excluding carboxylic acids is 1. The molecule has 0 aliphatic carbocycles. The van der Waals surface area contributed by atoms with Gasteiger partial charge in [-0.25, -0.2) is 9.07 Å². The van der Waals surface area contributed by atoms with Gasteiger partial charge in [0.2, 0.25) is 0 Å². The first kappa shape index (κ1) is 18.4. The molecular formula is C22H23FN4O. The second kappa shape index (κ2) is 8.35. The van der Waals surface area contributed by atoms with Crippen LogP contribution in [-0.2, 0) is 6.54 Å². The Morgan fingerprint density at radius 3 is 2.64 bits per heavy atom. The summed E-state index contributed by atoms with van der Waals surface area (Å²) in [6, 6.07) is 16.2. The first-order valence-electron chi connectivity index (χ1n) is 9.56. The number of hydrogen-bond acceptors (Lipinski definition) is 3. The fourth-order valence-electron chi connectivity index (χ4n) is 3.52. The Morgan fingerprint density at radius 1 is 1.11 bits per heavy atom. The molecule has 0 radical (unpaired) electrons. The summed E-state index contributed by atoms with van der Waals surface area (Å²) < 4.78 is 15.0. The van der Waals surface area contributed by atoms with E-state index in [4.69, 9.17) is 0 Å². The number of nitrogens with zero attached hydrogens (tertiary/aromatic N) is 3. The van der Waals surface area contributed by atoms with Gasteiger partial charge in [-0.1, -0.05) is 24.3 Å². The van der Waals surface area contributed by atoms with Crippen molar-refractivity contribution < 1.29 is 9.18 Å². The summed E-state index contributed by atoms with van der Waals surface area (Å²) in [7, 11) is 0. The molecule has 144 valence electrons. The van der Waals surface area contributed by atoms with Crippen LogP contribution < -0.4 is 5.32 Å². The number of likely N-dealkylation sites (tertiary alicyclic amines) is 1. The lowest BCUT2D eigenvalue weighted by Gasteiger charge is -2.32. The van der Waals surface area contributed by atoms with Crippen LogP contribution in [0.1, 0.15) is 28.8 Å². The van der Waals surface area contributed by atoms with Gasteiger partial charge in [0, 0.05) is 43.0 Å². The fourth-order valence-corrected chi connectivity index (χ4v) is 3.52. The SMILES string of the molecule is O=C(c1ccccc1)N1CCC(NCc2cnn(-c3cccc(F)c3)c2)CC1. The molecule has 0 bridgehead atoms.